The molecule has 0 aliphatic heterocycles. The minimum atomic E-state index is 0.244. The molecule has 6 heteroatoms. The van der Waals surface area contributed by atoms with Crippen molar-refractivity contribution < 1.29 is 5.11 Å². The predicted octanol–water partition coefficient (Wildman–Crippen LogP) is 1.62. The maximum Gasteiger partial charge on any atom is 0.214 e. The molecule has 1 saturated carbocycles. The summed E-state index contributed by atoms with van der Waals surface area (Å²) in [6.07, 6.45) is 2.49. The van der Waals surface area contributed by atoms with Gasteiger partial charge in [0, 0.05) is 5.25 Å². The Kier molecular flexibility index (Phi) is 2.28. The van der Waals surface area contributed by atoms with Gasteiger partial charge in [-0.2, -0.15) is 4.68 Å². The van der Waals surface area contributed by atoms with Gasteiger partial charge < -0.3 is 5.11 Å². The third-order valence-corrected chi connectivity index (χ3v) is 3.60. The van der Waals surface area contributed by atoms with Gasteiger partial charge in [-0.05, 0) is 47.5 Å². The zero-order chi connectivity index (χ0) is 11.0. The number of aromatic hydroxyl groups is 1. The summed E-state index contributed by atoms with van der Waals surface area (Å²) in [6, 6.07) is 6.84. The lowest BCUT2D eigenvalue weighted by molar-refractivity contribution is 0.475. The number of hydrogen-bond donors (Lipinski definition) is 1. The van der Waals surface area contributed by atoms with Crippen LogP contribution in [0.25, 0.3) is 5.69 Å². The van der Waals surface area contributed by atoms with Crippen LogP contribution in [0.3, 0.4) is 0 Å². The molecule has 1 aromatic carbocycles. The van der Waals surface area contributed by atoms with Crippen LogP contribution in [0.15, 0.2) is 29.4 Å². The first-order chi connectivity index (χ1) is 7.83. The standard InChI is InChI=1S/C10H10N4OS/c15-8-3-1-7(2-4-8)14-10(11-12-13-14)16-9-5-6-9/h1-4,9,15H,5-6H2. The molecule has 2 aromatic rings. The van der Waals surface area contributed by atoms with Crippen molar-refractivity contribution in [2.24, 2.45) is 0 Å². The summed E-state index contributed by atoms with van der Waals surface area (Å²) in [4.78, 5) is 0. The molecule has 82 valence electrons. The van der Waals surface area contributed by atoms with Crippen molar-refractivity contribution in [1.29, 1.82) is 0 Å². The van der Waals surface area contributed by atoms with Gasteiger partial charge in [0.2, 0.25) is 5.16 Å². The van der Waals surface area contributed by atoms with Crippen molar-refractivity contribution in [3.05, 3.63) is 24.3 Å². The fourth-order valence-corrected chi connectivity index (χ4v) is 2.34. The average molecular weight is 234 g/mol. The fraction of sp³-hybridized carbons (Fsp3) is 0.300. The second kappa shape index (κ2) is 3.79. The van der Waals surface area contributed by atoms with Gasteiger partial charge in [-0.3, -0.25) is 0 Å². The van der Waals surface area contributed by atoms with Crippen LogP contribution in [0.5, 0.6) is 5.75 Å². The predicted molar refractivity (Wildman–Crippen MR) is 59.7 cm³/mol. The summed E-state index contributed by atoms with van der Waals surface area (Å²) in [5, 5.41) is 22.3. The van der Waals surface area contributed by atoms with Crippen LogP contribution in [0.2, 0.25) is 0 Å². The second-order valence-corrected chi connectivity index (χ2v) is 4.97. The number of tetrazole rings is 1. The molecule has 16 heavy (non-hydrogen) atoms. The van der Waals surface area contributed by atoms with Crippen LogP contribution in [-0.4, -0.2) is 30.6 Å². The monoisotopic (exact) mass is 234 g/mol. The van der Waals surface area contributed by atoms with Crippen LogP contribution in [0.1, 0.15) is 12.8 Å². The Bertz CT molecular complexity index is 492. The fourth-order valence-electron chi connectivity index (χ4n) is 1.34. The number of thioether (sulfide) groups is 1. The Morgan fingerprint density at radius 3 is 2.69 bits per heavy atom. The van der Waals surface area contributed by atoms with Crippen LogP contribution < -0.4 is 0 Å². The van der Waals surface area contributed by atoms with Gasteiger partial charge in [0.25, 0.3) is 0 Å². The van der Waals surface area contributed by atoms with Crippen molar-refractivity contribution in [3.63, 3.8) is 0 Å². The lowest BCUT2D eigenvalue weighted by Gasteiger charge is -2.03. The highest BCUT2D eigenvalue weighted by Crippen LogP contribution is 2.38. The molecule has 0 bridgehead atoms. The Labute approximate surface area is 96.5 Å². The third-order valence-electron chi connectivity index (χ3n) is 2.33. The smallest absolute Gasteiger partial charge is 0.214 e. The second-order valence-electron chi connectivity index (χ2n) is 3.71. The van der Waals surface area contributed by atoms with Crippen LogP contribution in [0, 0.1) is 0 Å². The molecule has 0 saturated heterocycles. The van der Waals surface area contributed by atoms with E-state index in [9.17, 15) is 5.11 Å². The van der Waals surface area contributed by atoms with Gasteiger partial charge in [-0.1, -0.05) is 11.8 Å². The van der Waals surface area contributed by atoms with Gasteiger partial charge in [0.05, 0.1) is 5.69 Å². The normalized spacial score (nSPS) is 15.2. The maximum atomic E-state index is 9.21. The summed E-state index contributed by atoms with van der Waals surface area (Å²) in [5.74, 6) is 0.244. The molecule has 0 spiro atoms. The van der Waals surface area contributed by atoms with E-state index in [-0.39, 0.29) is 5.75 Å². The van der Waals surface area contributed by atoms with Crippen molar-refractivity contribution in [3.8, 4) is 11.4 Å². The van der Waals surface area contributed by atoms with Gasteiger partial charge in [0.15, 0.2) is 0 Å². The lowest BCUT2D eigenvalue weighted by atomic mass is 10.3. The quantitative estimate of drug-likeness (QED) is 0.874. The Hall–Kier alpha value is -1.56. The van der Waals surface area contributed by atoms with E-state index in [1.54, 1.807) is 40.7 Å². The highest BCUT2D eigenvalue weighted by atomic mass is 32.2. The SMILES string of the molecule is Oc1ccc(-n2nnnc2SC2CC2)cc1. The van der Waals surface area contributed by atoms with Crippen LogP contribution >= 0.6 is 11.8 Å². The molecule has 1 N–H and O–H groups in total. The van der Waals surface area contributed by atoms with Crippen LogP contribution in [-0.2, 0) is 0 Å². The molecular formula is C10H10N4OS. The largest absolute Gasteiger partial charge is 0.508 e. The summed E-state index contributed by atoms with van der Waals surface area (Å²) >= 11 is 1.71. The highest BCUT2D eigenvalue weighted by molar-refractivity contribution is 8.00. The van der Waals surface area contributed by atoms with Gasteiger partial charge in [0.1, 0.15) is 5.75 Å². The summed E-state index contributed by atoms with van der Waals surface area (Å²) < 4.78 is 1.70. The number of phenols is 1. The van der Waals surface area contributed by atoms with E-state index in [0.29, 0.717) is 5.25 Å². The van der Waals surface area contributed by atoms with E-state index in [4.69, 9.17) is 0 Å². The van der Waals surface area contributed by atoms with Crippen molar-refractivity contribution >= 4 is 11.8 Å². The number of phenolic OH excluding ortho intramolecular Hbond substituents is 1. The zero-order valence-electron chi connectivity index (χ0n) is 8.45. The van der Waals surface area contributed by atoms with Crippen molar-refractivity contribution in [2.45, 2.75) is 23.2 Å². The van der Waals surface area contributed by atoms with E-state index >= 15 is 0 Å². The Morgan fingerprint density at radius 2 is 2.00 bits per heavy atom. The van der Waals surface area contributed by atoms with Gasteiger partial charge in [-0.25, -0.2) is 0 Å². The molecule has 0 amide bonds. The summed E-state index contributed by atoms with van der Waals surface area (Å²) in [7, 11) is 0. The number of nitrogens with zero attached hydrogens (tertiary/aromatic N) is 4. The van der Waals surface area contributed by atoms with Crippen molar-refractivity contribution in [2.75, 3.05) is 0 Å². The molecule has 0 radical (unpaired) electrons. The molecule has 1 aliphatic rings. The van der Waals surface area contributed by atoms with E-state index in [1.807, 2.05) is 0 Å². The minimum Gasteiger partial charge on any atom is -0.508 e. The van der Waals surface area contributed by atoms with Crippen molar-refractivity contribution in [1.82, 2.24) is 20.2 Å². The number of benzene rings is 1. The highest BCUT2D eigenvalue weighted by Gasteiger charge is 2.25. The first-order valence-corrected chi connectivity index (χ1v) is 5.95. The van der Waals surface area contributed by atoms with Gasteiger partial charge >= 0.3 is 0 Å². The summed E-state index contributed by atoms with van der Waals surface area (Å²) in [6.45, 7) is 0. The topological polar surface area (TPSA) is 63.8 Å². The zero-order valence-corrected chi connectivity index (χ0v) is 9.26. The molecule has 0 unspecified atom stereocenters. The first kappa shape index (κ1) is 9.65. The number of hydrogen-bond acceptors (Lipinski definition) is 5. The van der Waals surface area contributed by atoms with E-state index in [2.05, 4.69) is 15.5 Å². The maximum absolute atomic E-state index is 9.21. The molecule has 1 heterocycles. The van der Waals surface area contributed by atoms with Crippen LogP contribution in [0.4, 0.5) is 0 Å². The molecule has 5 nitrogen and oxygen atoms in total. The average Bonchev–Trinajstić information content (AvgIpc) is 2.97. The van der Waals surface area contributed by atoms with Gasteiger partial charge in [-0.15, -0.1) is 5.10 Å². The molecule has 0 atom stereocenters. The summed E-state index contributed by atoms with van der Waals surface area (Å²) in [5.41, 5.74) is 0.867. The number of aromatic nitrogens is 4. The molecular weight excluding hydrogens is 224 g/mol. The third kappa shape index (κ3) is 1.88. The van der Waals surface area contributed by atoms with E-state index in [0.717, 1.165) is 10.8 Å². The van der Waals surface area contributed by atoms with E-state index < -0.39 is 0 Å². The van der Waals surface area contributed by atoms with E-state index in [1.165, 1.54) is 12.8 Å². The Balaban J connectivity index is 1.92. The number of rotatable bonds is 3. The first-order valence-electron chi connectivity index (χ1n) is 5.07. The lowest BCUT2D eigenvalue weighted by Crippen LogP contribution is -1.98. The molecule has 3 rings (SSSR count). The minimum absolute atomic E-state index is 0.244. The molecule has 1 fully saturated rings. The molecule has 1 aliphatic carbocycles. The Morgan fingerprint density at radius 1 is 1.25 bits per heavy atom. The molecule has 1 aromatic heterocycles.